The first-order valence-electron chi connectivity index (χ1n) is 9.07. The van der Waals surface area contributed by atoms with Crippen molar-refractivity contribution in [2.24, 2.45) is 0 Å². The highest BCUT2D eigenvalue weighted by Crippen LogP contribution is 2.32. The van der Waals surface area contributed by atoms with E-state index in [0.717, 1.165) is 5.56 Å². The van der Waals surface area contributed by atoms with Crippen molar-refractivity contribution in [2.45, 2.75) is 20.4 Å². The van der Waals surface area contributed by atoms with Crippen LogP contribution in [-0.2, 0) is 11.3 Å². The summed E-state index contributed by atoms with van der Waals surface area (Å²) in [6.45, 7) is 4.48. The molecule has 0 unspecified atom stereocenters. The van der Waals surface area contributed by atoms with Crippen LogP contribution in [0.3, 0.4) is 0 Å². The summed E-state index contributed by atoms with van der Waals surface area (Å²) in [5.74, 6) is 0.198. The van der Waals surface area contributed by atoms with Crippen LogP contribution in [0.5, 0.6) is 0 Å². The second-order valence-corrected chi connectivity index (χ2v) is 6.64. The van der Waals surface area contributed by atoms with Gasteiger partial charge in [0.2, 0.25) is 0 Å². The van der Waals surface area contributed by atoms with Crippen LogP contribution in [0.4, 0.5) is 5.69 Å². The molecule has 9 nitrogen and oxygen atoms in total. The normalized spacial score (nSPS) is 13.0. The number of carbonyl (C=O) groups excluding carboxylic acids is 2. The molecule has 0 bridgehead atoms. The number of hydrogen-bond acceptors (Lipinski definition) is 7. The zero-order valence-electron chi connectivity index (χ0n) is 15.7. The van der Waals surface area contributed by atoms with Gasteiger partial charge in [-0.15, -0.1) is 0 Å². The monoisotopic (exact) mass is 385 g/mol. The summed E-state index contributed by atoms with van der Waals surface area (Å²) in [5.41, 5.74) is 4.18. The van der Waals surface area contributed by atoms with Gasteiger partial charge in [0, 0.05) is 24.5 Å². The molecule has 1 amide bonds. The summed E-state index contributed by atoms with van der Waals surface area (Å²) in [4.78, 5) is 45.8. The molecule has 5 rings (SSSR count). The molecule has 9 heteroatoms. The van der Waals surface area contributed by atoms with E-state index in [-0.39, 0.29) is 0 Å². The first kappa shape index (κ1) is 17.1. The van der Waals surface area contributed by atoms with Crippen LogP contribution >= 0.6 is 0 Å². The molecular weight excluding hydrogens is 370 g/mol. The number of Topliss-reactive ketones (excluding diaryl/α,β-unsaturated/α-hetero) is 1. The number of ketones is 1. The van der Waals surface area contributed by atoms with Gasteiger partial charge < -0.3 is 9.88 Å². The Bertz CT molecular complexity index is 1310. The summed E-state index contributed by atoms with van der Waals surface area (Å²) in [7, 11) is 0. The van der Waals surface area contributed by atoms with Gasteiger partial charge in [-0.3, -0.25) is 9.59 Å². The average molecular weight is 385 g/mol. The van der Waals surface area contributed by atoms with E-state index in [9.17, 15) is 9.59 Å². The van der Waals surface area contributed by atoms with Gasteiger partial charge >= 0.3 is 0 Å². The maximum atomic E-state index is 12.1. The van der Waals surface area contributed by atoms with E-state index in [4.69, 9.17) is 4.98 Å². The number of aryl methyl sites for hydroxylation is 2. The molecule has 4 heterocycles. The largest absolute Gasteiger partial charge is 0.318 e. The lowest BCUT2D eigenvalue weighted by Gasteiger charge is -2.05. The lowest BCUT2D eigenvalue weighted by molar-refractivity contribution is -0.112. The number of hydrogen-bond donors (Lipinski definition) is 1. The lowest BCUT2D eigenvalue weighted by atomic mass is 10.0. The quantitative estimate of drug-likeness (QED) is 0.538. The fraction of sp³-hybridized carbons (Fsp3) is 0.150. The summed E-state index contributed by atoms with van der Waals surface area (Å²) in [6.07, 6.45) is 4.93. The van der Waals surface area contributed by atoms with Gasteiger partial charge in [0.15, 0.2) is 5.65 Å². The van der Waals surface area contributed by atoms with Crippen molar-refractivity contribution in [3.63, 3.8) is 0 Å². The highest BCUT2D eigenvalue weighted by Gasteiger charge is 2.28. The van der Waals surface area contributed by atoms with Gasteiger partial charge in [-0.05, 0) is 26.0 Å². The number of amides is 1. The number of rotatable bonds is 3. The molecule has 0 saturated carbocycles. The summed E-state index contributed by atoms with van der Waals surface area (Å²) in [6, 6.07) is 5.17. The van der Waals surface area contributed by atoms with Crippen molar-refractivity contribution in [2.75, 3.05) is 5.32 Å². The highest BCUT2D eigenvalue weighted by atomic mass is 16.2. The number of nitrogens with one attached hydrogen (secondary N) is 1. The van der Waals surface area contributed by atoms with Gasteiger partial charge in [0.1, 0.15) is 29.2 Å². The number of carbonyl (C=O) groups is 2. The Morgan fingerprint density at radius 2 is 1.83 bits per heavy atom. The molecule has 29 heavy (non-hydrogen) atoms. The van der Waals surface area contributed by atoms with Gasteiger partial charge in [-0.2, -0.15) is 0 Å². The predicted octanol–water partition coefficient (Wildman–Crippen LogP) is 2.41. The van der Waals surface area contributed by atoms with E-state index in [1.807, 2.05) is 18.4 Å². The Morgan fingerprint density at radius 1 is 1.03 bits per heavy atom. The van der Waals surface area contributed by atoms with Crippen LogP contribution in [0.25, 0.3) is 33.8 Å². The summed E-state index contributed by atoms with van der Waals surface area (Å²) >= 11 is 0. The average Bonchev–Trinajstić information content (AvgIpc) is 3.25. The van der Waals surface area contributed by atoms with E-state index in [1.54, 1.807) is 30.6 Å². The number of aromatic nitrogens is 6. The first-order valence-corrected chi connectivity index (χ1v) is 9.07. The molecule has 4 aromatic rings. The molecule has 0 aliphatic carbocycles. The fourth-order valence-electron chi connectivity index (χ4n) is 3.47. The van der Waals surface area contributed by atoms with E-state index < -0.39 is 11.7 Å². The van der Waals surface area contributed by atoms with Crippen molar-refractivity contribution in [1.82, 2.24) is 29.5 Å². The minimum absolute atomic E-state index is 0.335. The Kier molecular flexibility index (Phi) is 3.70. The lowest BCUT2D eigenvalue weighted by Crippen LogP contribution is -2.12. The maximum absolute atomic E-state index is 12.1. The van der Waals surface area contributed by atoms with Crippen molar-refractivity contribution in [3.05, 3.63) is 48.3 Å². The molecule has 0 radical (unpaired) electrons. The summed E-state index contributed by atoms with van der Waals surface area (Å²) in [5, 5.41) is 2.56. The zero-order valence-corrected chi connectivity index (χ0v) is 15.7. The molecule has 0 saturated heterocycles. The number of imidazole rings is 1. The van der Waals surface area contributed by atoms with Crippen LogP contribution in [-0.4, -0.2) is 41.2 Å². The van der Waals surface area contributed by atoms with Gasteiger partial charge in [0.25, 0.3) is 11.7 Å². The topological polar surface area (TPSA) is 116 Å². The number of fused-ring (bicyclic) bond motifs is 2. The van der Waals surface area contributed by atoms with Crippen LogP contribution in [0.15, 0.2) is 36.9 Å². The Balaban J connectivity index is 1.72. The Morgan fingerprint density at radius 3 is 2.59 bits per heavy atom. The Hall–Kier alpha value is -4.01. The molecule has 1 N–H and O–H groups in total. The van der Waals surface area contributed by atoms with E-state index >= 15 is 0 Å². The van der Waals surface area contributed by atoms with Crippen molar-refractivity contribution in [1.29, 1.82) is 0 Å². The van der Waals surface area contributed by atoms with Crippen LogP contribution in [0.2, 0.25) is 0 Å². The van der Waals surface area contributed by atoms with Crippen molar-refractivity contribution >= 4 is 28.5 Å². The van der Waals surface area contributed by atoms with E-state index in [0.29, 0.717) is 51.9 Å². The van der Waals surface area contributed by atoms with Gasteiger partial charge in [-0.1, -0.05) is 6.07 Å². The molecule has 142 valence electrons. The van der Waals surface area contributed by atoms with Crippen molar-refractivity contribution < 1.29 is 9.59 Å². The highest BCUT2D eigenvalue weighted by molar-refractivity contribution is 6.51. The molecule has 0 fully saturated rings. The number of anilines is 1. The third kappa shape index (κ3) is 2.59. The second kappa shape index (κ2) is 6.26. The molecule has 0 atom stereocenters. The zero-order chi connectivity index (χ0) is 20.1. The summed E-state index contributed by atoms with van der Waals surface area (Å²) < 4.78 is 1.97. The smallest absolute Gasteiger partial charge is 0.296 e. The Labute approximate surface area is 164 Å². The van der Waals surface area contributed by atoms with Crippen molar-refractivity contribution in [3.8, 4) is 22.6 Å². The van der Waals surface area contributed by atoms with E-state index in [2.05, 4.69) is 25.3 Å². The number of nitrogens with zero attached hydrogens (tertiary/aromatic N) is 6. The third-order valence-electron chi connectivity index (χ3n) is 4.88. The molecular formula is C20H15N7O2. The predicted molar refractivity (Wildman–Crippen MR) is 105 cm³/mol. The van der Waals surface area contributed by atoms with Gasteiger partial charge in [-0.25, -0.2) is 24.9 Å². The molecule has 1 aliphatic heterocycles. The van der Waals surface area contributed by atoms with E-state index in [1.165, 1.54) is 6.33 Å². The minimum Gasteiger partial charge on any atom is -0.318 e. The SMILES string of the molecule is CCn1c(-c2cnc(C)nc2)nc2c(-c3ccc4c(c3)C(=O)C(=O)N4)ncnc21. The minimum atomic E-state index is -0.623. The van der Waals surface area contributed by atoms with Crippen LogP contribution in [0.1, 0.15) is 23.1 Å². The number of benzene rings is 1. The maximum Gasteiger partial charge on any atom is 0.296 e. The molecule has 1 aromatic carbocycles. The molecule has 3 aromatic heterocycles. The molecule has 1 aliphatic rings. The fourth-order valence-corrected chi connectivity index (χ4v) is 3.47. The van der Waals surface area contributed by atoms with Crippen LogP contribution < -0.4 is 5.32 Å². The third-order valence-corrected chi connectivity index (χ3v) is 4.88. The standard InChI is InChI=1S/C20H15N7O2/c1-3-27-18(12-7-21-10(2)22-8-12)26-16-15(23-9-24-19(16)27)11-4-5-14-13(6-11)17(28)20(29)25-14/h4-9H,3H2,1-2H3,(H,25,28,29). The second-order valence-electron chi connectivity index (χ2n) is 6.64. The first-order chi connectivity index (χ1) is 14.1. The van der Waals surface area contributed by atoms with Gasteiger partial charge in [0.05, 0.1) is 16.8 Å². The molecule has 0 spiro atoms. The van der Waals surface area contributed by atoms with Crippen LogP contribution in [0, 0.1) is 6.92 Å².